The number of hydrogen-bond acceptors (Lipinski definition) is 3. The lowest BCUT2D eigenvalue weighted by Gasteiger charge is -2.01. The van der Waals surface area contributed by atoms with Gasteiger partial charge in [0.1, 0.15) is 5.82 Å². The van der Waals surface area contributed by atoms with E-state index in [9.17, 15) is 19.3 Å². The van der Waals surface area contributed by atoms with Crippen molar-refractivity contribution in [3.63, 3.8) is 0 Å². The molecule has 0 aliphatic rings. The van der Waals surface area contributed by atoms with E-state index in [-0.39, 0.29) is 15.9 Å². The van der Waals surface area contributed by atoms with Gasteiger partial charge in [-0.15, -0.1) is 11.6 Å². The van der Waals surface area contributed by atoms with Crippen LogP contribution in [0.3, 0.4) is 0 Å². The molecule has 0 aliphatic heterocycles. The standard InChI is InChI=1S/C8H4BrClFNO3/c9-5-1-4(8(13)3-10)6(11)2-7(5)12(14)15/h1-2H,3H2. The first kappa shape index (κ1) is 12.1. The zero-order chi connectivity index (χ0) is 11.6. The number of hydrogen-bond donors (Lipinski definition) is 0. The number of alkyl halides is 1. The highest BCUT2D eigenvalue weighted by molar-refractivity contribution is 9.10. The molecule has 15 heavy (non-hydrogen) atoms. The van der Waals surface area contributed by atoms with Gasteiger partial charge in [-0.1, -0.05) is 0 Å². The second-order valence-electron chi connectivity index (χ2n) is 2.60. The topological polar surface area (TPSA) is 60.2 Å². The number of carbonyl (C=O) groups excluding carboxylic acids is 1. The Kier molecular flexibility index (Phi) is 3.76. The molecule has 0 atom stereocenters. The second-order valence-corrected chi connectivity index (χ2v) is 3.72. The number of nitrogens with zero attached hydrogens (tertiary/aromatic N) is 1. The van der Waals surface area contributed by atoms with Crippen LogP contribution in [0.1, 0.15) is 10.4 Å². The fourth-order valence-electron chi connectivity index (χ4n) is 0.962. The molecule has 0 aliphatic carbocycles. The molecule has 0 heterocycles. The van der Waals surface area contributed by atoms with E-state index < -0.39 is 22.2 Å². The van der Waals surface area contributed by atoms with Gasteiger partial charge < -0.3 is 0 Å². The van der Waals surface area contributed by atoms with Gasteiger partial charge in [0.25, 0.3) is 5.69 Å². The van der Waals surface area contributed by atoms with E-state index in [2.05, 4.69) is 15.9 Å². The van der Waals surface area contributed by atoms with Gasteiger partial charge in [0.05, 0.1) is 26.9 Å². The van der Waals surface area contributed by atoms with Crippen LogP contribution in [0.5, 0.6) is 0 Å². The van der Waals surface area contributed by atoms with Crippen LogP contribution in [0.15, 0.2) is 16.6 Å². The van der Waals surface area contributed by atoms with Crippen LogP contribution in [0.25, 0.3) is 0 Å². The number of ketones is 1. The normalized spacial score (nSPS) is 10.1. The lowest BCUT2D eigenvalue weighted by molar-refractivity contribution is -0.385. The first-order valence-electron chi connectivity index (χ1n) is 3.70. The fraction of sp³-hybridized carbons (Fsp3) is 0.125. The SMILES string of the molecule is O=C(CCl)c1cc(Br)c([N+](=O)[O-])cc1F. The van der Waals surface area contributed by atoms with Crippen molar-refractivity contribution in [2.24, 2.45) is 0 Å². The fourth-order valence-corrected chi connectivity index (χ4v) is 1.59. The molecule has 0 amide bonds. The average molecular weight is 296 g/mol. The van der Waals surface area contributed by atoms with Crippen molar-refractivity contribution in [2.75, 3.05) is 5.88 Å². The molecule has 0 radical (unpaired) electrons. The van der Waals surface area contributed by atoms with Crippen molar-refractivity contribution < 1.29 is 14.1 Å². The molecule has 0 saturated heterocycles. The Hall–Kier alpha value is -1.01. The van der Waals surface area contributed by atoms with Crippen LogP contribution < -0.4 is 0 Å². The number of nitro groups is 1. The molecule has 80 valence electrons. The third-order valence-electron chi connectivity index (χ3n) is 1.65. The van der Waals surface area contributed by atoms with E-state index >= 15 is 0 Å². The highest BCUT2D eigenvalue weighted by Crippen LogP contribution is 2.28. The summed E-state index contributed by atoms with van der Waals surface area (Å²) in [6, 6.07) is 1.74. The quantitative estimate of drug-likeness (QED) is 0.373. The number of rotatable bonds is 3. The van der Waals surface area contributed by atoms with E-state index in [1.807, 2.05) is 0 Å². The average Bonchev–Trinajstić information content (AvgIpc) is 2.19. The van der Waals surface area contributed by atoms with Crippen LogP contribution in [0.4, 0.5) is 10.1 Å². The lowest BCUT2D eigenvalue weighted by Crippen LogP contribution is -2.05. The molecule has 0 bridgehead atoms. The zero-order valence-corrected chi connectivity index (χ0v) is 9.51. The smallest absolute Gasteiger partial charge is 0.286 e. The minimum Gasteiger partial charge on any atom is -0.293 e. The van der Waals surface area contributed by atoms with Crippen molar-refractivity contribution in [1.29, 1.82) is 0 Å². The summed E-state index contributed by atoms with van der Waals surface area (Å²) in [4.78, 5) is 20.8. The largest absolute Gasteiger partial charge is 0.293 e. The molecule has 1 rings (SSSR count). The number of carbonyl (C=O) groups is 1. The Bertz CT molecular complexity index is 438. The van der Waals surface area contributed by atoms with Crippen LogP contribution in [0, 0.1) is 15.9 Å². The molecular formula is C8H4BrClFNO3. The van der Waals surface area contributed by atoms with E-state index in [1.54, 1.807) is 0 Å². The van der Waals surface area contributed by atoms with Crippen molar-refractivity contribution in [3.05, 3.63) is 38.1 Å². The van der Waals surface area contributed by atoms with Crippen molar-refractivity contribution in [1.82, 2.24) is 0 Å². The number of Topliss-reactive ketones (excluding diaryl/α,β-unsaturated/α-hetero) is 1. The summed E-state index contributed by atoms with van der Waals surface area (Å²) >= 11 is 8.12. The number of halogens is 3. The summed E-state index contributed by atoms with van der Waals surface area (Å²) in [7, 11) is 0. The molecular weight excluding hydrogens is 292 g/mol. The Balaban J connectivity index is 3.31. The molecule has 0 saturated carbocycles. The maximum Gasteiger partial charge on any atom is 0.286 e. The number of nitro benzene ring substituents is 1. The van der Waals surface area contributed by atoms with Crippen molar-refractivity contribution in [3.8, 4) is 0 Å². The van der Waals surface area contributed by atoms with Gasteiger partial charge in [-0.05, 0) is 22.0 Å². The Labute approximate surface area is 97.3 Å². The summed E-state index contributed by atoms with van der Waals surface area (Å²) < 4.78 is 13.3. The van der Waals surface area contributed by atoms with Gasteiger partial charge in [-0.2, -0.15) is 0 Å². The van der Waals surface area contributed by atoms with Crippen molar-refractivity contribution in [2.45, 2.75) is 0 Å². The maximum absolute atomic E-state index is 13.2. The van der Waals surface area contributed by atoms with Gasteiger partial charge in [0.2, 0.25) is 0 Å². The Morgan fingerprint density at radius 2 is 2.20 bits per heavy atom. The minimum atomic E-state index is -0.949. The Morgan fingerprint density at radius 1 is 1.60 bits per heavy atom. The predicted molar refractivity (Wildman–Crippen MR) is 55.8 cm³/mol. The first-order chi connectivity index (χ1) is 6.97. The van der Waals surface area contributed by atoms with Crippen molar-refractivity contribution >= 4 is 39.0 Å². The zero-order valence-electron chi connectivity index (χ0n) is 7.17. The second kappa shape index (κ2) is 4.67. The molecule has 0 N–H and O–H groups in total. The van der Waals surface area contributed by atoms with Gasteiger partial charge in [-0.3, -0.25) is 14.9 Å². The molecule has 0 unspecified atom stereocenters. The molecule has 4 nitrogen and oxygen atoms in total. The lowest BCUT2D eigenvalue weighted by atomic mass is 10.1. The van der Waals surface area contributed by atoms with Crippen LogP contribution >= 0.6 is 27.5 Å². The summed E-state index contributed by atoms with van der Waals surface area (Å²) in [6.07, 6.45) is 0. The van der Waals surface area contributed by atoms with Crippen LogP contribution in [-0.2, 0) is 0 Å². The molecule has 0 fully saturated rings. The minimum absolute atomic E-state index is 0.0439. The summed E-state index contributed by atoms with van der Waals surface area (Å²) in [5.41, 5.74) is -0.693. The summed E-state index contributed by atoms with van der Waals surface area (Å²) in [6.45, 7) is 0. The summed E-state index contributed by atoms with van der Waals surface area (Å²) in [5, 5.41) is 10.4. The molecule has 1 aromatic rings. The predicted octanol–water partition coefficient (Wildman–Crippen LogP) is 2.92. The van der Waals surface area contributed by atoms with E-state index in [0.29, 0.717) is 6.07 Å². The number of benzene rings is 1. The molecule has 1 aromatic carbocycles. The van der Waals surface area contributed by atoms with E-state index in [4.69, 9.17) is 11.6 Å². The monoisotopic (exact) mass is 295 g/mol. The molecule has 0 aromatic heterocycles. The first-order valence-corrected chi connectivity index (χ1v) is 5.02. The third-order valence-corrected chi connectivity index (χ3v) is 2.53. The van der Waals surface area contributed by atoms with E-state index in [1.165, 1.54) is 0 Å². The van der Waals surface area contributed by atoms with Gasteiger partial charge in [-0.25, -0.2) is 4.39 Å². The Morgan fingerprint density at radius 3 is 2.67 bits per heavy atom. The van der Waals surface area contributed by atoms with E-state index in [0.717, 1.165) is 6.07 Å². The van der Waals surface area contributed by atoms with Crippen LogP contribution in [0.2, 0.25) is 0 Å². The van der Waals surface area contributed by atoms with Crippen LogP contribution in [-0.4, -0.2) is 16.6 Å². The highest BCUT2D eigenvalue weighted by Gasteiger charge is 2.19. The molecule has 7 heteroatoms. The molecule has 0 spiro atoms. The highest BCUT2D eigenvalue weighted by atomic mass is 79.9. The summed E-state index contributed by atoms with van der Waals surface area (Å²) in [5.74, 6) is -1.94. The maximum atomic E-state index is 13.2. The van der Waals surface area contributed by atoms with Gasteiger partial charge in [0, 0.05) is 0 Å². The van der Waals surface area contributed by atoms with Gasteiger partial charge in [0.15, 0.2) is 5.78 Å². The van der Waals surface area contributed by atoms with Gasteiger partial charge >= 0.3 is 0 Å². The third kappa shape index (κ3) is 2.51.